The van der Waals surface area contributed by atoms with Crippen LogP contribution in [0.5, 0.6) is 5.75 Å². The van der Waals surface area contributed by atoms with Crippen LogP contribution in [0.15, 0.2) is 30.3 Å². The normalized spacial score (nSPS) is 16.5. The lowest BCUT2D eigenvalue weighted by atomic mass is 10.0. The number of esters is 1. The van der Waals surface area contributed by atoms with Gasteiger partial charge in [-0.2, -0.15) is 0 Å². The molecule has 0 aliphatic carbocycles. The monoisotopic (exact) mass is 326 g/mol. The van der Waals surface area contributed by atoms with Gasteiger partial charge >= 0.3 is 5.97 Å². The molecule has 0 spiro atoms. The fourth-order valence-electron chi connectivity index (χ4n) is 1.57. The largest absolute Gasteiger partial charge is 0.508 e. The number of aliphatic hydroxyl groups is 4. The molecule has 0 fully saturated rings. The molecule has 1 aromatic carbocycles. The predicted octanol–water partition coefficient (Wildman–Crippen LogP) is -1.41. The number of carbonyl (C=O) groups excluding carboxylic acids is 2. The molecular weight excluding hydrogens is 308 g/mol. The van der Waals surface area contributed by atoms with Crippen LogP contribution in [0.1, 0.15) is 5.56 Å². The smallest absolute Gasteiger partial charge is 0.330 e. The van der Waals surface area contributed by atoms with Crippen molar-refractivity contribution in [1.82, 2.24) is 0 Å². The molecule has 0 aliphatic heterocycles. The van der Waals surface area contributed by atoms with Crippen molar-refractivity contribution in [2.24, 2.45) is 0 Å². The maximum absolute atomic E-state index is 11.5. The Balaban J connectivity index is 2.45. The molecule has 5 N–H and O–H groups in total. The van der Waals surface area contributed by atoms with E-state index in [0.29, 0.717) is 5.56 Å². The Bertz CT molecular complexity index is 539. The van der Waals surface area contributed by atoms with E-state index in [0.717, 1.165) is 6.08 Å². The van der Waals surface area contributed by atoms with Crippen molar-refractivity contribution in [2.45, 2.75) is 24.4 Å². The Kier molecular flexibility index (Phi) is 7.36. The van der Waals surface area contributed by atoms with Gasteiger partial charge in [-0.15, -0.1) is 0 Å². The summed E-state index contributed by atoms with van der Waals surface area (Å²) in [5.41, 5.74) is 0.630. The lowest BCUT2D eigenvalue weighted by molar-refractivity contribution is -0.151. The molecule has 0 aromatic heterocycles. The maximum Gasteiger partial charge on any atom is 0.330 e. The average Bonchev–Trinajstić information content (AvgIpc) is 2.56. The van der Waals surface area contributed by atoms with Gasteiger partial charge in [-0.1, -0.05) is 12.1 Å². The van der Waals surface area contributed by atoms with Gasteiger partial charge in [0.15, 0.2) is 6.29 Å². The van der Waals surface area contributed by atoms with E-state index in [2.05, 4.69) is 4.74 Å². The molecule has 0 radical (unpaired) electrons. The highest BCUT2D eigenvalue weighted by Gasteiger charge is 2.30. The molecule has 0 amide bonds. The highest BCUT2D eigenvalue weighted by Crippen LogP contribution is 2.11. The van der Waals surface area contributed by atoms with Crippen LogP contribution in [0.3, 0.4) is 0 Å². The summed E-state index contributed by atoms with van der Waals surface area (Å²) in [5, 5.41) is 46.5. The van der Waals surface area contributed by atoms with Gasteiger partial charge in [0.25, 0.3) is 0 Å². The Morgan fingerprint density at radius 2 is 1.70 bits per heavy atom. The van der Waals surface area contributed by atoms with Crippen molar-refractivity contribution < 1.29 is 39.9 Å². The number of aliphatic hydroxyl groups excluding tert-OH is 4. The van der Waals surface area contributed by atoms with Crippen LogP contribution in [0.4, 0.5) is 0 Å². The second kappa shape index (κ2) is 9.01. The zero-order valence-corrected chi connectivity index (χ0v) is 12.0. The highest BCUT2D eigenvalue weighted by molar-refractivity contribution is 5.87. The first kappa shape index (κ1) is 18.8. The van der Waals surface area contributed by atoms with E-state index >= 15 is 0 Å². The van der Waals surface area contributed by atoms with E-state index in [1.807, 2.05) is 0 Å². The Hall–Kier alpha value is -2.26. The number of hydrogen-bond donors (Lipinski definition) is 5. The summed E-state index contributed by atoms with van der Waals surface area (Å²) in [6, 6.07) is 6.00. The van der Waals surface area contributed by atoms with Gasteiger partial charge in [-0.3, -0.25) is 0 Å². The lowest BCUT2D eigenvalue weighted by Gasteiger charge is -2.23. The van der Waals surface area contributed by atoms with Crippen LogP contribution in [-0.2, 0) is 14.3 Å². The van der Waals surface area contributed by atoms with Crippen molar-refractivity contribution in [3.63, 3.8) is 0 Å². The summed E-state index contributed by atoms with van der Waals surface area (Å²) in [6.07, 6.45) is -4.79. The number of aldehydes is 1. The zero-order chi connectivity index (χ0) is 17.4. The fraction of sp³-hybridized carbons (Fsp3) is 0.333. The fourth-order valence-corrected chi connectivity index (χ4v) is 1.57. The first-order chi connectivity index (χ1) is 10.8. The van der Waals surface area contributed by atoms with Crippen LogP contribution < -0.4 is 0 Å². The van der Waals surface area contributed by atoms with Gasteiger partial charge in [0, 0.05) is 6.08 Å². The first-order valence-electron chi connectivity index (χ1n) is 6.66. The van der Waals surface area contributed by atoms with Crippen LogP contribution in [0.2, 0.25) is 0 Å². The summed E-state index contributed by atoms with van der Waals surface area (Å²) in [4.78, 5) is 21.7. The van der Waals surface area contributed by atoms with Crippen molar-refractivity contribution >= 4 is 18.3 Å². The molecule has 0 saturated carbocycles. The Morgan fingerprint density at radius 1 is 1.09 bits per heavy atom. The molecule has 23 heavy (non-hydrogen) atoms. The van der Waals surface area contributed by atoms with E-state index in [-0.39, 0.29) is 12.0 Å². The summed E-state index contributed by atoms with van der Waals surface area (Å²) < 4.78 is 4.67. The summed E-state index contributed by atoms with van der Waals surface area (Å²) in [7, 11) is 0. The molecule has 1 rings (SSSR count). The quantitative estimate of drug-likeness (QED) is 0.223. The number of ether oxygens (including phenoxy) is 1. The van der Waals surface area contributed by atoms with Gasteiger partial charge in [0.2, 0.25) is 0 Å². The zero-order valence-electron chi connectivity index (χ0n) is 12.0. The minimum absolute atomic E-state index is 0.00695. The highest BCUT2D eigenvalue weighted by atomic mass is 16.5. The third-order valence-electron chi connectivity index (χ3n) is 2.93. The number of benzene rings is 1. The molecule has 0 bridgehead atoms. The molecule has 8 nitrogen and oxygen atoms in total. The molecule has 126 valence electrons. The van der Waals surface area contributed by atoms with Crippen LogP contribution >= 0.6 is 0 Å². The topological polar surface area (TPSA) is 145 Å². The van der Waals surface area contributed by atoms with Crippen molar-refractivity contribution in [2.75, 3.05) is 6.61 Å². The van der Waals surface area contributed by atoms with Gasteiger partial charge in [-0.05, 0) is 23.8 Å². The molecule has 8 heteroatoms. The minimum Gasteiger partial charge on any atom is -0.508 e. The van der Waals surface area contributed by atoms with E-state index in [1.165, 1.54) is 18.2 Å². The van der Waals surface area contributed by atoms with Crippen molar-refractivity contribution in [3.8, 4) is 5.75 Å². The Labute approximate surface area is 131 Å². The van der Waals surface area contributed by atoms with Gasteiger partial charge < -0.3 is 35.1 Å². The number of carbonyl (C=O) groups is 2. The van der Waals surface area contributed by atoms with E-state index in [1.54, 1.807) is 12.1 Å². The van der Waals surface area contributed by atoms with Crippen molar-refractivity contribution in [3.05, 3.63) is 35.9 Å². The summed E-state index contributed by atoms with van der Waals surface area (Å²) >= 11 is 0. The number of hydrogen-bond acceptors (Lipinski definition) is 8. The third kappa shape index (κ3) is 6.17. The molecule has 0 saturated heterocycles. The number of phenols is 1. The second-order valence-electron chi connectivity index (χ2n) is 4.73. The molecule has 4 atom stereocenters. The standard InChI is InChI=1S/C15H18O8/c16-7-11(18)14(21)15(22)12(19)8-23-13(20)6-3-9-1-4-10(17)5-2-9/h1-7,11-12,14-15,17-19,21-22H,8H2/b6-3+/t11-,12+,14+,15+/m0/s1. The van der Waals surface area contributed by atoms with Crippen LogP contribution in [0, 0.1) is 0 Å². The SMILES string of the molecule is O=C[C@H](O)[C@@H](O)[C@H](O)[C@H](O)COC(=O)/C=C/c1ccc(O)cc1. The number of aromatic hydroxyl groups is 1. The number of rotatable bonds is 8. The first-order valence-corrected chi connectivity index (χ1v) is 6.66. The molecule has 1 aromatic rings. The third-order valence-corrected chi connectivity index (χ3v) is 2.93. The molecule has 0 heterocycles. The van der Waals surface area contributed by atoms with E-state index < -0.39 is 37.0 Å². The maximum atomic E-state index is 11.5. The second-order valence-corrected chi connectivity index (χ2v) is 4.73. The van der Waals surface area contributed by atoms with Gasteiger partial charge in [-0.25, -0.2) is 4.79 Å². The summed E-state index contributed by atoms with van der Waals surface area (Å²) in [6.45, 7) is -0.636. The molecule has 0 unspecified atom stereocenters. The van der Waals surface area contributed by atoms with Gasteiger partial charge in [0.05, 0.1) is 0 Å². The van der Waals surface area contributed by atoms with Crippen molar-refractivity contribution in [1.29, 1.82) is 0 Å². The average molecular weight is 326 g/mol. The van der Waals surface area contributed by atoms with E-state index in [4.69, 9.17) is 10.2 Å². The lowest BCUT2D eigenvalue weighted by Crippen LogP contribution is -2.46. The Morgan fingerprint density at radius 3 is 2.26 bits per heavy atom. The molecular formula is C15H18O8. The predicted molar refractivity (Wildman–Crippen MR) is 78.2 cm³/mol. The minimum atomic E-state index is -1.89. The van der Waals surface area contributed by atoms with Crippen LogP contribution in [-0.4, -0.2) is 68.8 Å². The summed E-state index contributed by atoms with van der Waals surface area (Å²) in [5.74, 6) is -0.729. The van der Waals surface area contributed by atoms with Gasteiger partial charge in [0.1, 0.15) is 36.8 Å². The number of phenolic OH excluding ortho intramolecular Hbond substituents is 1. The van der Waals surface area contributed by atoms with Crippen LogP contribution in [0.25, 0.3) is 6.08 Å². The molecule has 0 aliphatic rings. The van der Waals surface area contributed by atoms with E-state index in [9.17, 15) is 24.9 Å².